The molecule has 3 N–H and O–H groups in total. The Labute approximate surface area is 217 Å². The second kappa shape index (κ2) is 9.38. The number of imidazole rings is 1. The smallest absolute Gasteiger partial charge is 0.161 e. The molecule has 0 amide bonds. The fraction of sp³-hybridized carbons (Fsp3) is 0.214. The Morgan fingerprint density at radius 1 is 0.947 bits per heavy atom. The predicted octanol–water partition coefficient (Wildman–Crippen LogP) is 5.17. The van der Waals surface area contributed by atoms with Gasteiger partial charge in [-0.15, -0.1) is 0 Å². The van der Waals surface area contributed by atoms with Crippen molar-refractivity contribution in [2.45, 2.75) is 12.8 Å². The molecule has 0 bridgehead atoms. The number of H-pyrrole nitrogens is 3. The van der Waals surface area contributed by atoms with E-state index in [1.807, 2.05) is 36.4 Å². The first-order chi connectivity index (χ1) is 18.7. The molecule has 0 aliphatic carbocycles. The number of halogens is 1. The zero-order valence-corrected chi connectivity index (χ0v) is 20.5. The van der Waals surface area contributed by atoms with E-state index in [4.69, 9.17) is 14.7 Å². The summed E-state index contributed by atoms with van der Waals surface area (Å²) in [5.41, 5.74) is 6.82. The highest BCUT2D eigenvalue weighted by Crippen LogP contribution is 2.33. The number of rotatable bonds is 7. The van der Waals surface area contributed by atoms with Gasteiger partial charge in [0.2, 0.25) is 0 Å². The summed E-state index contributed by atoms with van der Waals surface area (Å²) in [4.78, 5) is 15.4. The molecule has 0 unspecified atom stereocenters. The van der Waals surface area contributed by atoms with E-state index in [1.165, 1.54) is 25.0 Å². The SMILES string of the molecule is Fc1cc(OCCN2CCCC2)cc(-c2cccc3[nH]c(-c4n[nH]c5ccc(-c6cn[nH]c6)nc45)nc23)c1. The highest BCUT2D eigenvalue weighted by atomic mass is 19.1. The maximum atomic E-state index is 14.7. The summed E-state index contributed by atoms with van der Waals surface area (Å²) in [6.07, 6.45) is 5.99. The molecule has 0 atom stereocenters. The topological polar surface area (TPSA) is 111 Å². The van der Waals surface area contributed by atoms with E-state index in [9.17, 15) is 4.39 Å². The number of fused-ring (bicyclic) bond motifs is 2. The second-order valence-electron chi connectivity index (χ2n) is 9.51. The van der Waals surface area contributed by atoms with Crippen molar-refractivity contribution in [1.82, 2.24) is 40.2 Å². The number of aromatic amines is 3. The van der Waals surface area contributed by atoms with Gasteiger partial charge in [0, 0.05) is 29.9 Å². The molecule has 1 aliphatic rings. The van der Waals surface area contributed by atoms with Crippen molar-refractivity contribution in [2.75, 3.05) is 26.2 Å². The number of likely N-dealkylation sites (tertiary alicyclic amines) is 1. The second-order valence-corrected chi connectivity index (χ2v) is 9.51. The van der Waals surface area contributed by atoms with Crippen molar-refractivity contribution in [2.24, 2.45) is 0 Å². The number of benzene rings is 2. The Hall–Kier alpha value is -4.57. The van der Waals surface area contributed by atoms with Gasteiger partial charge in [-0.1, -0.05) is 12.1 Å². The number of aromatic nitrogens is 7. The van der Waals surface area contributed by atoms with Crippen LogP contribution in [0.1, 0.15) is 12.8 Å². The van der Waals surface area contributed by atoms with E-state index < -0.39 is 0 Å². The Balaban J connectivity index is 1.23. The third kappa shape index (κ3) is 4.18. The fourth-order valence-corrected chi connectivity index (χ4v) is 5.09. The quantitative estimate of drug-likeness (QED) is 0.274. The lowest BCUT2D eigenvalue weighted by Gasteiger charge is -2.15. The molecule has 5 heterocycles. The first-order valence-electron chi connectivity index (χ1n) is 12.7. The Kier molecular flexibility index (Phi) is 5.58. The molecule has 1 aliphatic heterocycles. The van der Waals surface area contributed by atoms with Crippen LogP contribution < -0.4 is 4.74 Å². The minimum atomic E-state index is -0.347. The van der Waals surface area contributed by atoms with Crippen LogP contribution in [0.3, 0.4) is 0 Å². The normalized spacial score (nSPS) is 14.1. The van der Waals surface area contributed by atoms with Gasteiger partial charge in [-0.2, -0.15) is 10.2 Å². The van der Waals surface area contributed by atoms with E-state index in [0.29, 0.717) is 35.0 Å². The van der Waals surface area contributed by atoms with E-state index in [1.54, 1.807) is 12.4 Å². The van der Waals surface area contributed by atoms with E-state index in [2.05, 4.69) is 30.3 Å². The van der Waals surface area contributed by atoms with Crippen molar-refractivity contribution in [1.29, 1.82) is 0 Å². The number of nitrogens with one attached hydrogen (secondary N) is 3. The monoisotopic (exact) mass is 508 g/mol. The standard InChI is InChI=1S/C28H25FN8O/c29-19-12-17(13-20(14-19)38-11-10-37-8-1-2-9-37)21-4-3-5-23-25(21)34-28(33-23)27-26-24(35-36-27)7-6-22(32-26)18-15-30-31-16-18/h3-7,12-16H,1-2,8-11H2,(H,30,31)(H,33,34)(H,35,36). The minimum Gasteiger partial charge on any atom is -0.492 e. The van der Waals surface area contributed by atoms with Gasteiger partial charge in [0.15, 0.2) is 11.5 Å². The summed E-state index contributed by atoms with van der Waals surface area (Å²) < 4.78 is 20.6. The molecule has 6 aromatic rings. The van der Waals surface area contributed by atoms with Crippen LogP contribution in [0.2, 0.25) is 0 Å². The molecule has 1 saturated heterocycles. The van der Waals surface area contributed by atoms with Crippen LogP contribution in [0, 0.1) is 5.82 Å². The number of para-hydroxylation sites is 1. The predicted molar refractivity (Wildman–Crippen MR) is 143 cm³/mol. The highest BCUT2D eigenvalue weighted by molar-refractivity contribution is 5.96. The maximum absolute atomic E-state index is 14.7. The average Bonchev–Trinajstić information content (AvgIpc) is 3.73. The van der Waals surface area contributed by atoms with Gasteiger partial charge in [0.1, 0.15) is 23.7 Å². The summed E-state index contributed by atoms with van der Waals surface area (Å²) in [7, 11) is 0. The van der Waals surface area contributed by atoms with Crippen molar-refractivity contribution < 1.29 is 9.13 Å². The van der Waals surface area contributed by atoms with Gasteiger partial charge in [-0.05, 0) is 61.8 Å². The molecule has 190 valence electrons. The van der Waals surface area contributed by atoms with Crippen molar-refractivity contribution >= 4 is 22.1 Å². The summed E-state index contributed by atoms with van der Waals surface area (Å²) >= 11 is 0. The van der Waals surface area contributed by atoms with E-state index >= 15 is 0 Å². The van der Waals surface area contributed by atoms with Gasteiger partial charge in [0.05, 0.1) is 28.4 Å². The highest BCUT2D eigenvalue weighted by Gasteiger charge is 2.18. The average molecular weight is 509 g/mol. The van der Waals surface area contributed by atoms with Crippen LogP contribution >= 0.6 is 0 Å². The molecular weight excluding hydrogens is 483 g/mol. The Bertz CT molecular complexity index is 1730. The fourth-order valence-electron chi connectivity index (χ4n) is 5.09. The molecule has 2 aromatic carbocycles. The number of pyridine rings is 1. The summed E-state index contributed by atoms with van der Waals surface area (Å²) in [6.45, 7) is 3.58. The lowest BCUT2D eigenvalue weighted by Crippen LogP contribution is -2.25. The summed E-state index contributed by atoms with van der Waals surface area (Å²) in [5, 5.41) is 14.4. The summed E-state index contributed by atoms with van der Waals surface area (Å²) in [6, 6.07) is 14.5. The number of hydrogen-bond acceptors (Lipinski definition) is 6. The molecule has 0 saturated carbocycles. The van der Waals surface area contributed by atoms with Crippen LogP contribution in [-0.4, -0.2) is 66.5 Å². The first-order valence-corrected chi connectivity index (χ1v) is 12.7. The van der Waals surface area contributed by atoms with Crippen LogP contribution in [0.5, 0.6) is 5.75 Å². The van der Waals surface area contributed by atoms with Crippen LogP contribution in [0.15, 0.2) is 60.9 Å². The van der Waals surface area contributed by atoms with Crippen LogP contribution in [0.4, 0.5) is 4.39 Å². The van der Waals surface area contributed by atoms with E-state index in [-0.39, 0.29) is 5.82 Å². The molecular formula is C28H25FN8O. The summed E-state index contributed by atoms with van der Waals surface area (Å²) in [5.74, 6) is 0.746. The molecule has 4 aromatic heterocycles. The lowest BCUT2D eigenvalue weighted by molar-refractivity contribution is 0.237. The molecule has 1 fully saturated rings. The zero-order chi connectivity index (χ0) is 25.5. The Morgan fingerprint density at radius 3 is 2.74 bits per heavy atom. The third-order valence-electron chi connectivity index (χ3n) is 7.00. The molecule has 38 heavy (non-hydrogen) atoms. The molecule has 9 nitrogen and oxygen atoms in total. The van der Waals surface area contributed by atoms with Gasteiger partial charge < -0.3 is 9.72 Å². The molecule has 0 spiro atoms. The molecule has 10 heteroatoms. The first kappa shape index (κ1) is 22.6. The van der Waals surface area contributed by atoms with Crippen molar-refractivity contribution in [3.05, 3.63) is 66.7 Å². The van der Waals surface area contributed by atoms with Gasteiger partial charge in [-0.25, -0.2) is 14.4 Å². The zero-order valence-electron chi connectivity index (χ0n) is 20.5. The maximum Gasteiger partial charge on any atom is 0.161 e. The Morgan fingerprint density at radius 2 is 1.87 bits per heavy atom. The van der Waals surface area contributed by atoms with Crippen LogP contribution in [0.25, 0.3) is 56.0 Å². The number of nitrogens with zero attached hydrogens (tertiary/aromatic N) is 5. The third-order valence-corrected chi connectivity index (χ3v) is 7.00. The molecule has 0 radical (unpaired) electrons. The van der Waals surface area contributed by atoms with Crippen molar-refractivity contribution in [3.63, 3.8) is 0 Å². The number of ether oxygens (including phenoxy) is 1. The number of hydrogen-bond donors (Lipinski definition) is 3. The van der Waals surface area contributed by atoms with Crippen LogP contribution in [-0.2, 0) is 0 Å². The van der Waals surface area contributed by atoms with E-state index in [0.717, 1.165) is 53.0 Å². The van der Waals surface area contributed by atoms with Gasteiger partial charge in [0.25, 0.3) is 0 Å². The molecule has 7 rings (SSSR count). The van der Waals surface area contributed by atoms with Gasteiger partial charge >= 0.3 is 0 Å². The minimum absolute atomic E-state index is 0.347. The van der Waals surface area contributed by atoms with Crippen molar-refractivity contribution in [3.8, 4) is 39.7 Å². The lowest BCUT2D eigenvalue weighted by atomic mass is 10.0. The van der Waals surface area contributed by atoms with Gasteiger partial charge in [-0.3, -0.25) is 15.1 Å². The largest absolute Gasteiger partial charge is 0.492 e.